The van der Waals surface area contributed by atoms with Gasteiger partial charge < -0.3 is 5.73 Å². The zero-order valence-electron chi connectivity index (χ0n) is 8.16. The number of hydrogen-bond donors (Lipinski definition) is 1. The second kappa shape index (κ2) is 5.73. The van der Waals surface area contributed by atoms with Crippen LogP contribution in [0.15, 0.2) is 24.3 Å². The van der Waals surface area contributed by atoms with E-state index >= 15 is 0 Å². The highest BCUT2D eigenvalue weighted by atomic mass is 35.5. The molecule has 1 atom stereocenters. The Labute approximate surface area is 97.3 Å². The molecule has 1 rings (SSSR count). The van der Waals surface area contributed by atoms with Crippen molar-refractivity contribution < 1.29 is 13.2 Å². The Hall–Kier alpha value is -1.25. The summed E-state index contributed by atoms with van der Waals surface area (Å²) in [6, 6.07) is 6.59. The van der Waals surface area contributed by atoms with Gasteiger partial charge in [-0.25, -0.2) is 0 Å². The van der Waals surface area contributed by atoms with Crippen molar-refractivity contribution in [1.82, 2.24) is 0 Å². The standard InChI is InChI=1S/C10H9F3N2.ClH/c11-10(12,13)5-9(15)8-3-1-7(6-14)2-4-8;/h1-4,9H,5,15H2;1H/t9-;/m1./s1. The van der Waals surface area contributed by atoms with Gasteiger partial charge in [0, 0.05) is 6.04 Å². The molecular formula is C10H10ClF3N2. The molecule has 2 nitrogen and oxygen atoms in total. The van der Waals surface area contributed by atoms with E-state index in [0.29, 0.717) is 11.1 Å². The lowest BCUT2D eigenvalue weighted by molar-refractivity contribution is -0.138. The second-order valence-corrected chi connectivity index (χ2v) is 3.16. The van der Waals surface area contributed by atoms with Crippen LogP contribution in [0.2, 0.25) is 0 Å². The van der Waals surface area contributed by atoms with E-state index in [-0.39, 0.29) is 12.4 Å². The number of hydrogen-bond acceptors (Lipinski definition) is 2. The molecule has 0 aliphatic rings. The summed E-state index contributed by atoms with van der Waals surface area (Å²) < 4.78 is 36.0. The monoisotopic (exact) mass is 250 g/mol. The summed E-state index contributed by atoms with van der Waals surface area (Å²) in [5.74, 6) is 0. The van der Waals surface area contributed by atoms with E-state index in [2.05, 4.69) is 0 Å². The number of nitrogens with zero attached hydrogens (tertiary/aromatic N) is 1. The highest BCUT2D eigenvalue weighted by Crippen LogP contribution is 2.27. The van der Waals surface area contributed by atoms with Crippen LogP contribution in [-0.2, 0) is 0 Å². The summed E-state index contributed by atoms with van der Waals surface area (Å²) in [5.41, 5.74) is 6.15. The lowest BCUT2D eigenvalue weighted by atomic mass is 10.0. The smallest absolute Gasteiger partial charge is 0.324 e. The summed E-state index contributed by atoms with van der Waals surface area (Å²) in [6.45, 7) is 0. The summed E-state index contributed by atoms with van der Waals surface area (Å²) in [6.07, 6.45) is -5.33. The highest BCUT2D eigenvalue weighted by molar-refractivity contribution is 5.85. The molecule has 0 unspecified atom stereocenters. The van der Waals surface area contributed by atoms with Crippen molar-refractivity contribution in [2.24, 2.45) is 5.73 Å². The summed E-state index contributed by atoms with van der Waals surface area (Å²) in [5, 5.41) is 8.49. The van der Waals surface area contributed by atoms with Crippen molar-refractivity contribution in [3.8, 4) is 6.07 Å². The largest absolute Gasteiger partial charge is 0.390 e. The SMILES string of the molecule is Cl.N#Cc1ccc([C@H](N)CC(F)(F)F)cc1. The molecular weight excluding hydrogens is 241 g/mol. The minimum absolute atomic E-state index is 0. The van der Waals surface area contributed by atoms with E-state index in [1.165, 1.54) is 24.3 Å². The van der Waals surface area contributed by atoms with Crippen LogP contribution < -0.4 is 5.73 Å². The molecule has 0 aliphatic carbocycles. The zero-order valence-corrected chi connectivity index (χ0v) is 8.98. The lowest BCUT2D eigenvalue weighted by Gasteiger charge is -2.14. The zero-order chi connectivity index (χ0) is 11.5. The highest BCUT2D eigenvalue weighted by Gasteiger charge is 2.30. The van der Waals surface area contributed by atoms with Crippen LogP contribution in [0.1, 0.15) is 23.6 Å². The molecule has 0 radical (unpaired) electrons. The number of alkyl halides is 3. The van der Waals surface area contributed by atoms with E-state index in [1.54, 1.807) is 0 Å². The fraction of sp³-hybridized carbons (Fsp3) is 0.300. The Morgan fingerprint density at radius 2 is 1.75 bits per heavy atom. The van der Waals surface area contributed by atoms with Crippen molar-refractivity contribution in [3.63, 3.8) is 0 Å². The number of halogens is 4. The van der Waals surface area contributed by atoms with E-state index in [4.69, 9.17) is 11.0 Å². The van der Waals surface area contributed by atoms with Crippen LogP contribution in [-0.4, -0.2) is 6.18 Å². The predicted octanol–water partition coefficient (Wildman–Crippen LogP) is 2.93. The van der Waals surface area contributed by atoms with Crippen LogP contribution in [0.25, 0.3) is 0 Å². The van der Waals surface area contributed by atoms with Crippen LogP contribution in [0.3, 0.4) is 0 Å². The number of rotatable bonds is 2. The van der Waals surface area contributed by atoms with Crippen LogP contribution in [0, 0.1) is 11.3 Å². The molecule has 1 aromatic rings. The molecule has 0 aliphatic heterocycles. The summed E-state index contributed by atoms with van der Waals surface area (Å²) >= 11 is 0. The van der Waals surface area contributed by atoms with Gasteiger partial charge in [-0.05, 0) is 17.7 Å². The van der Waals surface area contributed by atoms with Gasteiger partial charge in [0.05, 0.1) is 18.1 Å². The van der Waals surface area contributed by atoms with Crippen LogP contribution in [0.4, 0.5) is 13.2 Å². The first-order chi connectivity index (χ1) is 6.92. The van der Waals surface area contributed by atoms with E-state index in [1.807, 2.05) is 6.07 Å². The van der Waals surface area contributed by atoms with Gasteiger partial charge in [0.2, 0.25) is 0 Å². The maximum absolute atomic E-state index is 12.0. The summed E-state index contributed by atoms with van der Waals surface area (Å²) in [4.78, 5) is 0. The van der Waals surface area contributed by atoms with Gasteiger partial charge in [0.15, 0.2) is 0 Å². The molecule has 0 bridgehead atoms. The molecule has 2 N–H and O–H groups in total. The molecule has 0 saturated carbocycles. The lowest BCUT2D eigenvalue weighted by Crippen LogP contribution is -2.20. The molecule has 0 aromatic heterocycles. The van der Waals surface area contributed by atoms with E-state index < -0.39 is 18.6 Å². The Balaban J connectivity index is 0.00000225. The summed E-state index contributed by atoms with van der Waals surface area (Å²) in [7, 11) is 0. The topological polar surface area (TPSA) is 49.8 Å². The molecule has 0 spiro atoms. The van der Waals surface area contributed by atoms with Crippen molar-refractivity contribution >= 4 is 12.4 Å². The first-order valence-corrected chi connectivity index (χ1v) is 4.25. The van der Waals surface area contributed by atoms with Crippen LogP contribution >= 0.6 is 12.4 Å². The molecule has 0 amide bonds. The number of nitriles is 1. The Morgan fingerprint density at radius 1 is 1.25 bits per heavy atom. The average Bonchev–Trinajstić information content (AvgIpc) is 2.15. The molecule has 16 heavy (non-hydrogen) atoms. The van der Waals surface area contributed by atoms with Gasteiger partial charge >= 0.3 is 6.18 Å². The molecule has 88 valence electrons. The Morgan fingerprint density at radius 3 is 2.12 bits per heavy atom. The number of nitrogens with two attached hydrogens (primary N) is 1. The first kappa shape index (κ1) is 14.8. The second-order valence-electron chi connectivity index (χ2n) is 3.16. The third kappa shape index (κ3) is 4.51. The van der Waals surface area contributed by atoms with Gasteiger partial charge in [-0.15, -0.1) is 12.4 Å². The van der Waals surface area contributed by atoms with Crippen molar-refractivity contribution in [2.75, 3.05) is 0 Å². The fourth-order valence-corrected chi connectivity index (χ4v) is 1.17. The average molecular weight is 251 g/mol. The molecule has 1 aromatic carbocycles. The molecule has 0 heterocycles. The van der Waals surface area contributed by atoms with E-state index in [0.717, 1.165) is 0 Å². The van der Waals surface area contributed by atoms with Gasteiger partial charge in [0.25, 0.3) is 0 Å². The first-order valence-electron chi connectivity index (χ1n) is 4.25. The van der Waals surface area contributed by atoms with Gasteiger partial charge in [-0.3, -0.25) is 0 Å². The predicted molar refractivity (Wildman–Crippen MR) is 56.0 cm³/mol. The minimum atomic E-state index is -4.27. The molecule has 0 fully saturated rings. The van der Waals surface area contributed by atoms with Crippen LogP contribution in [0.5, 0.6) is 0 Å². The van der Waals surface area contributed by atoms with Gasteiger partial charge in [-0.1, -0.05) is 12.1 Å². The fourth-order valence-electron chi connectivity index (χ4n) is 1.17. The van der Waals surface area contributed by atoms with E-state index in [9.17, 15) is 13.2 Å². The third-order valence-corrected chi connectivity index (χ3v) is 1.92. The molecule has 6 heteroatoms. The van der Waals surface area contributed by atoms with Crippen molar-refractivity contribution in [2.45, 2.75) is 18.6 Å². The van der Waals surface area contributed by atoms with Crippen molar-refractivity contribution in [1.29, 1.82) is 5.26 Å². The maximum Gasteiger partial charge on any atom is 0.390 e. The van der Waals surface area contributed by atoms with Crippen molar-refractivity contribution in [3.05, 3.63) is 35.4 Å². The maximum atomic E-state index is 12.0. The van der Waals surface area contributed by atoms with Gasteiger partial charge in [-0.2, -0.15) is 18.4 Å². The number of benzene rings is 1. The Kier molecular flexibility index (Phi) is 5.28. The van der Waals surface area contributed by atoms with Gasteiger partial charge in [0.1, 0.15) is 0 Å². The third-order valence-electron chi connectivity index (χ3n) is 1.92. The minimum Gasteiger partial charge on any atom is -0.324 e. The quantitative estimate of drug-likeness (QED) is 0.877. The Bertz CT molecular complexity index is 367. The normalized spacial score (nSPS) is 12.4. The molecule has 0 saturated heterocycles.